The maximum absolute atomic E-state index is 13.2. The van der Waals surface area contributed by atoms with Gasteiger partial charge >= 0.3 is 0 Å². The van der Waals surface area contributed by atoms with E-state index in [1.54, 1.807) is 30.2 Å². The molecule has 32 heavy (non-hydrogen) atoms. The largest absolute Gasteiger partial charge is 0.503 e. The highest BCUT2D eigenvalue weighted by Crippen LogP contribution is 2.46. The number of methoxy groups -OCH3 is 1. The van der Waals surface area contributed by atoms with Gasteiger partial charge < -0.3 is 24.2 Å². The Bertz CT molecular complexity index is 1220. The van der Waals surface area contributed by atoms with E-state index in [1.807, 2.05) is 48.5 Å². The number of halogens is 1. The molecule has 2 aliphatic heterocycles. The van der Waals surface area contributed by atoms with Crippen LogP contribution >= 0.6 is 11.6 Å². The Morgan fingerprint density at radius 2 is 1.81 bits per heavy atom. The smallest absolute Gasteiger partial charge is 0.290 e. The Labute approximate surface area is 190 Å². The van der Waals surface area contributed by atoms with Gasteiger partial charge in [0, 0.05) is 17.1 Å². The summed E-state index contributed by atoms with van der Waals surface area (Å²) in [6.07, 6.45) is 0. The first-order valence-corrected chi connectivity index (χ1v) is 10.5. The lowest BCUT2D eigenvalue weighted by atomic mass is 9.93. The molecule has 0 fully saturated rings. The number of aliphatic hydroxyl groups excluding tert-OH is 1. The highest BCUT2D eigenvalue weighted by Gasteiger charge is 2.41. The standard InChI is InChI=1S/C25H20ClNO5/c1-30-17-9-7-16(8-10-17)22-23(18-4-2-3-5-19(18)26)27(25(29)24(22)28)13-15-6-11-20-21(12-15)32-14-31-20/h2-12,23,28H,13-14H2,1H3/t23-/m1/s1. The fourth-order valence-electron chi connectivity index (χ4n) is 4.14. The highest BCUT2D eigenvalue weighted by atomic mass is 35.5. The summed E-state index contributed by atoms with van der Waals surface area (Å²) in [6, 6.07) is 19.6. The van der Waals surface area contributed by atoms with Gasteiger partial charge in [0.2, 0.25) is 6.79 Å². The lowest BCUT2D eigenvalue weighted by Gasteiger charge is -2.28. The van der Waals surface area contributed by atoms with E-state index in [1.165, 1.54) is 0 Å². The molecular weight excluding hydrogens is 430 g/mol. The summed E-state index contributed by atoms with van der Waals surface area (Å²) >= 11 is 6.55. The van der Waals surface area contributed by atoms with Crippen LogP contribution < -0.4 is 14.2 Å². The topological polar surface area (TPSA) is 68.2 Å². The van der Waals surface area contributed by atoms with Gasteiger partial charge in [0.15, 0.2) is 17.3 Å². The predicted octanol–water partition coefficient (Wildman–Crippen LogP) is 5.13. The van der Waals surface area contributed by atoms with E-state index >= 15 is 0 Å². The lowest BCUT2D eigenvalue weighted by molar-refractivity contribution is -0.130. The molecule has 0 unspecified atom stereocenters. The molecule has 0 spiro atoms. The van der Waals surface area contributed by atoms with Crippen LogP contribution in [0.3, 0.4) is 0 Å². The highest BCUT2D eigenvalue weighted by molar-refractivity contribution is 6.31. The number of benzene rings is 3. The molecule has 0 saturated carbocycles. The van der Waals surface area contributed by atoms with E-state index < -0.39 is 11.9 Å². The minimum absolute atomic E-state index is 0.174. The number of nitrogens with zero attached hydrogens (tertiary/aromatic N) is 1. The molecule has 1 amide bonds. The number of fused-ring (bicyclic) bond motifs is 1. The number of hydrogen-bond acceptors (Lipinski definition) is 5. The quantitative estimate of drug-likeness (QED) is 0.584. The average molecular weight is 450 g/mol. The third kappa shape index (κ3) is 3.42. The number of amides is 1. The third-order valence-electron chi connectivity index (χ3n) is 5.69. The first kappa shape index (κ1) is 20.3. The second-order valence-electron chi connectivity index (χ2n) is 7.54. The molecule has 0 saturated heterocycles. The van der Waals surface area contributed by atoms with Crippen molar-refractivity contribution in [1.29, 1.82) is 0 Å². The average Bonchev–Trinajstić information content (AvgIpc) is 3.37. The molecule has 0 aliphatic carbocycles. The predicted molar refractivity (Wildman–Crippen MR) is 120 cm³/mol. The summed E-state index contributed by atoms with van der Waals surface area (Å²) in [7, 11) is 1.59. The monoisotopic (exact) mass is 449 g/mol. The maximum Gasteiger partial charge on any atom is 0.290 e. The van der Waals surface area contributed by atoms with Gasteiger partial charge in [-0.25, -0.2) is 0 Å². The minimum Gasteiger partial charge on any atom is -0.503 e. The van der Waals surface area contributed by atoms with E-state index in [4.69, 9.17) is 25.8 Å². The fraction of sp³-hybridized carbons (Fsp3) is 0.160. The van der Waals surface area contributed by atoms with Crippen LogP contribution in [0.5, 0.6) is 17.2 Å². The molecule has 2 aliphatic rings. The number of carbonyl (C=O) groups excluding carboxylic acids is 1. The summed E-state index contributed by atoms with van der Waals surface area (Å²) in [4.78, 5) is 14.9. The first-order valence-electron chi connectivity index (χ1n) is 10.1. The van der Waals surface area contributed by atoms with Crippen molar-refractivity contribution in [3.63, 3.8) is 0 Å². The second kappa shape index (κ2) is 8.13. The number of hydrogen-bond donors (Lipinski definition) is 1. The molecule has 1 N–H and O–H groups in total. The fourth-order valence-corrected chi connectivity index (χ4v) is 4.38. The van der Waals surface area contributed by atoms with E-state index in [0.29, 0.717) is 27.8 Å². The second-order valence-corrected chi connectivity index (χ2v) is 7.94. The van der Waals surface area contributed by atoms with Gasteiger partial charge in [0.25, 0.3) is 5.91 Å². The zero-order valence-electron chi connectivity index (χ0n) is 17.2. The van der Waals surface area contributed by atoms with Gasteiger partial charge in [-0.1, -0.05) is 48.0 Å². The summed E-state index contributed by atoms with van der Waals surface area (Å²) < 4.78 is 16.1. The molecular formula is C25H20ClNO5. The van der Waals surface area contributed by atoms with Crippen molar-refractivity contribution in [2.24, 2.45) is 0 Å². The van der Waals surface area contributed by atoms with Crippen LogP contribution in [0.2, 0.25) is 5.02 Å². The van der Waals surface area contributed by atoms with E-state index in [9.17, 15) is 9.90 Å². The molecule has 1 atom stereocenters. The number of ether oxygens (including phenoxy) is 3. The van der Waals surface area contributed by atoms with E-state index in [2.05, 4.69) is 0 Å². The molecule has 162 valence electrons. The summed E-state index contributed by atoms with van der Waals surface area (Å²) in [5.41, 5.74) is 2.81. The molecule has 3 aromatic rings. The Morgan fingerprint density at radius 3 is 2.56 bits per heavy atom. The Hall–Kier alpha value is -3.64. The van der Waals surface area contributed by atoms with Gasteiger partial charge in [0.05, 0.1) is 13.2 Å². The van der Waals surface area contributed by atoms with Gasteiger partial charge in [-0.15, -0.1) is 0 Å². The number of aliphatic hydroxyl groups is 1. The van der Waals surface area contributed by atoms with Crippen LogP contribution in [0, 0.1) is 0 Å². The van der Waals surface area contributed by atoms with Crippen molar-refractivity contribution >= 4 is 23.1 Å². The van der Waals surface area contributed by atoms with Crippen molar-refractivity contribution in [2.45, 2.75) is 12.6 Å². The van der Waals surface area contributed by atoms with Gasteiger partial charge in [-0.2, -0.15) is 0 Å². The van der Waals surface area contributed by atoms with Crippen LogP contribution in [0.25, 0.3) is 5.57 Å². The maximum atomic E-state index is 13.2. The SMILES string of the molecule is COc1ccc(C2=C(O)C(=O)N(Cc3ccc4c(c3)OCO4)[C@@H]2c2ccccc2Cl)cc1. The zero-order chi connectivity index (χ0) is 22.2. The van der Waals surface area contributed by atoms with Crippen molar-refractivity contribution in [3.8, 4) is 17.2 Å². The van der Waals surface area contributed by atoms with Crippen molar-refractivity contribution in [3.05, 3.63) is 94.2 Å². The van der Waals surface area contributed by atoms with Crippen LogP contribution in [0.15, 0.2) is 72.5 Å². The summed E-state index contributed by atoms with van der Waals surface area (Å²) in [6.45, 7) is 0.433. The van der Waals surface area contributed by atoms with Crippen LogP contribution in [-0.2, 0) is 11.3 Å². The Morgan fingerprint density at radius 1 is 1.06 bits per heavy atom. The van der Waals surface area contributed by atoms with E-state index in [0.717, 1.165) is 16.7 Å². The van der Waals surface area contributed by atoms with E-state index in [-0.39, 0.29) is 19.1 Å². The molecule has 0 radical (unpaired) electrons. The lowest BCUT2D eigenvalue weighted by Crippen LogP contribution is -2.30. The molecule has 6 nitrogen and oxygen atoms in total. The Kier molecular flexibility index (Phi) is 5.15. The summed E-state index contributed by atoms with van der Waals surface area (Å²) in [5.74, 6) is 1.24. The van der Waals surface area contributed by atoms with Crippen molar-refractivity contribution in [1.82, 2.24) is 4.90 Å². The molecule has 0 aromatic heterocycles. The van der Waals surface area contributed by atoms with Gasteiger partial charge in [0.1, 0.15) is 5.75 Å². The molecule has 2 heterocycles. The Balaban J connectivity index is 1.58. The molecule has 5 rings (SSSR count). The molecule has 3 aromatic carbocycles. The summed E-state index contributed by atoms with van der Waals surface area (Å²) in [5, 5.41) is 11.4. The van der Waals surface area contributed by atoms with Gasteiger partial charge in [-0.05, 0) is 47.0 Å². The van der Waals surface area contributed by atoms with Crippen molar-refractivity contribution in [2.75, 3.05) is 13.9 Å². The van der Waals surface area contributed by atoms with Crippen LogP contribution in [-0.4, -0.2) is 29.8 Å². The zero-order valence-corrected chi connectivity index (χ0v) is 18.0. The van der Waals surface area contributed by atoms with Crippen LogP contribution in [0.4, 0.5) is 0 Å². The molecule has 0 bridgehead atoms. The van der Waals surface area contributed by atoms with Crippen molar-refractivity contribution < 1.29 is 24.1 Å². The third-order valence-corrected chi connectivity index (χ3v) is 6.04. The van der Waals surface area contributed by atoms with Gasteiger partial charge in [-0.3, -0.25) is 4.79 Å². The minimum atomic E-state index is -0.560. The van der Waals surface area contributed by atoms with Crippen LogP contribution in [0.1, 0.15) is 22.7 Å². The number of carbonyl (C=O) groups is 1. The molecule has 7 heteroatoms. The normalized spacial score (nSPS) is 17.2. The number of rotatable bonds is 5. The first-order chi connectivity index (χ1) is 15.6.